The van der Waals surface area contributed by atoms with Crippen LogP contribution in [0.3, 0.4) is 0 Å². The van der Waals surface area contributed by atoms with Crippen LogP contribution in [0.4, 0.5) is 4.79 Å². The van der Waals surface area contributed by atoms with Gasteiger partial charge in [-0.2, -0.15) is 0 Å². The van der Waals surface area contributed by atoms with Crippen LogP contribution in [0, 0.1) is 5.41 Å². The minimum atomic E-state index is -1.12. The van der Waals surface area contributed by atoms with Crippen molar-refractivity contribution in [3.8, 4) is 0 Å². The number of alkyl carbamates (subject to hydrolysis) is 1. The highest BCUT2D eigenvalue weighted by Crippen LogP contribution is 2.37. The van der Waals surface area contributed by atoms with Gasteiger partial charge in [0, 0.05) is 17.0 Å². The fourth-order valence-corrected chi connectivity index (χ4v) is 2.85. The number of nitrogens with zero attached hydrogens (tertiary/aromatic N) is 3. The topological polar surface area (TPSA) is 124 Å². The average molecular weight is 332 g/mol. The SMILES string of the molecule is C[C@]1(C(=O)O)CC[C@H](N=[N+]=[N-])C[C@H]1NC(=O)OCc1ccccc1. The van der Waals surface area contributed by atoms with E-state index in [1.165, 1.54) is 0 Å². The smallest absolute Gasteiger partial charge is 0.407 e. The molecule has 8 nitrogen and oxygen atoms in total. The molecule has 3 atom stereocenters. The lowest BCUT2D eigenvalue weighted by atomic mass is 9.70. The van der Waals surface area contributed by atoms with Gasteiger partial charge in [-0.25, -0.2) is 4.79 Å². The minimum absolute atomic E-state index is 0.100. The van der Waals surface area contributed by atoms with Crippen molar-refractivity contribution < 1.29 is 19.4 Å². The molecule has 0 unspecified atom stereocenters. The summed E-state index contributed by atoms with van der Waals surface area (Å²) in [5.41, 5.74) is 8.29. The van der Waals surface area contributed by atoms with Gasteiger partial charge in [-0.15, -0.1) is 0 Å². The summed E-state index contributed by atoms with van der Waals surface area (Å²) in [6, 6.07) is 8.19. The highest BCUT2D eigenvalue weighted by atomic mass is 16.5. The second kappa shape index (κ2) is 7.70. The lowest BCUT2D eigenvalue weighted by molar-refractivity contribution is -0.151. The number of amides is 1. The van der Waals surface area contributed by atoms with Gasteiger partial charge >= 0.3 is 12.1 Å². The largest absolute Gasteiger partial charge is 0.481 e. The maximum absolute atomic E-state index is 12.0. The Hall–Kier alpha value is -2.73. The molecular weight excluding hydrogens is 312 g/mol. The van der Waals surface area contributed by atoms with E-state index in [4.69, 9.17) is 10.3 Å². The molecule has 0 saturated heterocycles. The van der Waals surface area contributed by atoms with Crippen LogP contribution in [-0.4, -0.2) is 29.3 Å². The number of carboxylic acid groups (broad SMARTS) is 1. The van der Waals surface area contributed by atoms with Crippen molar-refractivity contribution in [3.63, 3.8) is 0 Å². The molecule has 2 N–H and O–H groups in total. The summed E-state index contributed by atoms with van der Waals surface area (Å²) < 4.78 is 5.15. The molecule has 1 aromatic rings. The second-order valence-corrected chi connectivity index (χ2v) is 6.11. The molecule has 2 rings (SSSR count). The molecule has 1 aromatic carbocycles. The standard InChI is InChI=1S/C16H20N4O4/c1-16(14(21)22)8-7-12(19-20-17)9-13(16)18-15(23)24-10-11-5-3-2-4-6-11/h2-6,12-13H,7-10H2,1H3,(H,18,23)(H,21,22)/t12-,13+,16-/m0/s1. The van der Waals surface area contributed by atoms with E-state index < -0.39 is 23.5 Å². The van der Waals surface area contributed by atoms with Crippen molar-refractivity contribution in [1.29, 1.82) is 0 Å². The minimum Gasteiger partial charge on any atom is -0.481 e. The molecular formula is C16H20N4O4. The first-order valence-electron chi connectivity index (χ1n) is 7.70. The van der Waals surface area contributed by atoms with Gasteiger partial charge in [-0.3, -0.25) is 4.79 Å². The van der Waals surface area contributed by atoms with Crippen LogP contribution in [0.15, 0.2) is 35.4 Å². The Kier molecular flexibility index (Phi) is 5.65. The van der Waals surface area contributed by atoms with E-state index in [9.17, 15) is 14.7 Å². The summed E-state index contributed by atoms with van der Waals surface area (Å²) in [5.74, 6) is -0.991. The first-order chi connectivity index (χ1) is 11.5. The number of carbonyl (C=O) groups excluding carboxylic acids is 1. The van der Waals surface area contributed by atoms with E-state index in [1.807, 2.05) is 30.3 Å². The normalized spacial score (nSPS) is 26.0. The van der Waals surface area contributed by atoms with Gasteiger partial charge in [-0.05, 0) is 37.3 Å². The number of rotatable bonds is 5. The van der Waals surface area contributed by atoms with Crippen LogP contribution in [0.2, 0.25) is 0 Å². The first-order valence-corrected chi connectivity index (χ1v) is 7.70. The summed E-state index contributed by atoms with van der Waals surface area (Å²) in [5, 5.41) is 15.8. The maximum Gasteiger partial charge on any atom is 0.407 e. The first kappa shape index (κ1) is 17.6. The second-order valence-electron chi connectivity index (χ2n) is 6.11. The van der Waals surface area contributed by atoms with Crippen molar-refractivity contribution in [1.82, 2.24) is 5.32 Å². The zero-order chi connectivity index (χ0) is 17.6. The molecule has 8 heteroatoms. The van der Waals surface area contributed by atoms with E-state index in [1.54, 1.807) is 6.92 Å². The van der Waals surface area contributed by atoms with Crippen LogP contribution >= 0.6 is 0 Å². The molecule has 24 heavy (non-hydrogen) atoms. The number of carbonyl (C=O) groups is 2. The number of carboxylic acids is 1. The summed E-state index contributed by atoms with van der Waals surface area (Å²) in [4.78, 5) is 26.4. The number of aliphatic carboxylic acids is 1. The van der Waals surface area contributed by atoms with Crippen molar-refractivity contribution in [2.75, 3.05) is 0 Å². The fourth-order valence-electron chi connectivity index (χ4n) is 2.85. The Morgan fingerprint density at radius 2 is 2.17 bits per heavy atom. The van der Waals surface area contributed by atoms with E-state index in [-0.39, 0.29) is 19.1 Å². The molecule has 0 aromatic heterocycles. The van der Waals surface area contributed by atoms with Crippen molar-refractivity contribution in [3.05, 3.63) is 46.3 Å². The monoisotopic (exact) mass is 332 g/mol. The number of hydrogen-bond donors (Lipinski definition) is 2. The van der Waals surface area contributed by atoms with Gasteiger partial charge in [0.15, 0.2) is 0 Å². The predicted molar refractivity (Wildman–Crippen MR) is 86.1 cm³/mol. The van der Waals surface area contributed by atoms with Crippen LogP contribution < -0.4 is 5.32 Å². The third-order valence-electron chi connectivity index (χ3n) is 4.48. The van der Waals surface area contributed by atoms with E-state index in [0.717, 1.165) is 5.56 Å². The molecule has 1 aliphatic carbocycles. The third kappa shape index (κ3) is 4.17. The molecule has 0 radical (unpaired) electrons. The number of benzene rings is 1. The Bertz CT molecular complexity index is 645. The predicted octanol–water partition coefficient (Wildman–Crippen LogP) is 3.24. The van der Waals surface area contributed by atoms with Crippen molar-refractivity contribution >= 4 is 12.1 Å². The van der Waals surface area contributed by atoms with Gasteiger partial charge in [0.05, 0.1) is 5.41 Å². The summed E-state index contributed by atoms with van der Waals surface area (Å²) in [6.07, 6.45) is 0.380. The molecule has 128 valence electrons. The van der Waals surface area contributed by atoms with Crippen LogP contribution in [-0.2, 0) is 16.1 Å². The molecule has 1 amide bonds. The van der Waals surface area contributed by atoms with E-state index in [2.05, 4.69) is 15.3 Å². The van der Waals surface area contributed by atoms with Crippen molar-refractivity contribution in [2.45, 2.75) is 44.9 Å². The molecule has 0 aliphatic heterocycles. The van der Waals surface area contributed by atoms with E-state index in [0.29, 0.717) is 12.8 Å². The van der Waals surface area contributed by atoms with Gasteiger partial charge in [0.1, 0.15) is 6.61 Å². The summed E-state index contributed by atoms with van der Waals surface area (Å²) in [6.45, 7) is 1.69. The molecule has 1 aliphatic rings. The van der Waals surface area contributed by atoms with Gasteiger partial charge in [0.2, 0.25) is 0 Å². The fraction of sp³-hybridized carbons (Fsp3) is 0.500. The molecule has 1 saturated carbocycles. The molecule has 0 spiro atoms. The zero-order valence-electron chi connectivity index (χ0n) is 13.4. The lowest BCUT2D eigenvalue weighted by Gasteiger charge is -2.40. The third-order valence-corrected chi connectivity index (χ3v) is 4.48. The van der Waals surface area contributed by atoms with E-state index >= 15 is 0 Å². The number of azide groups is 1. The van der Waals surface area contributed by atoms with Crippen LogP contribution in [0.25, 0.3) is 10.4 Å². The number of ether oxygens (including phenoxy) is 1. The quantitative estimate of drug-likeness (QED) is 0.488. The highest BCUT2D eigenvalue weighted by Gasteiger charge is 2.46. The Balaban J connectivity index is 2.00. The van der Waals surface area contributed by atoms with Crippen LogP contribution in [0.5, 0.6) is 0 Å². The number of hydrogen-bond acceptors (Lipinski definition) is 4. The molecule has 0 heterocycles. The van der Waals surface area contributed by atoms with Crippen LogP contribution in [0.1, 0.15) is 31.7 Å². The maximum atomic E-state index is 12.0. The van der Waals surface area contributed by atoms with Crippen molar-refractivity contribution in [2.24, 2.45) is 10.5 Å². The Morgan fingerprint density at radius 3 is 2.79 bits per heavy atom. The van der Waals surface area contributed by atoms with Gasteiger partial charge in [0.25, 0.3) is 0 Å². The molecule has 0 bridgehead atoms. The average Bonchev–Trinajstić information content (AvgIpc) is 2.57. The lowest BCUT2D eigenvalue weighted by Crippen LogP contribution is -2.54. The summed E-state index contributed by atoms with van der Waals surface area (Å²) >= 11 is 0. The summed E-state index contributed by atoms with van der Waals surface area (Å²) in [7, 11) is 0. The van der Waals surface area contributed by atoms with Gasteiger partial charge in [-0.1, -0.05) is 35.4 Å². The molecule has 1 fully saturated rings. The Labute approximate surface area is 139 Å². The Morgan fingerprint density at radius 1 is 1.46 bits per heavy atom. The number of nitrogens with one attached hydrogen (secondary N) is 1. The highest BCUT2D eigenvalue weighted by molar-refractivity contribution is 5.77. The zero-order valence-corrected chi connectivity index (χ0v) is 13.4. The van der Waals surface area contributed by atoms with Gasteiger partial charge < -0.3 is 15.2 Å².